The van der Waals surface area contributed by atoms with Crippen LogP contribution in [0.4, 0.5) is 0 Å². The van der Waals surface area contributed by atoms with Gasteiger partial charge in [0.15, 0.2) is 5.78 Å². The van der Waals surface area contributed by atoms with Gasteiger partial charge in [0.25, 0.3) is 0 Å². The van der Waals surface area contributed by atoms with Crippen LogP contribution in [0.25, 0.3) is 0 Å². The van der Waals surface area contributed by atoms with Crippen molar-refractivity contribution in [1.82, 2.24) is 0 Å². The average molecular weight is 243 g/mol. The van der Waals surface area contributed by atoms with Crippen LogP contribution >= 0.6 is 11.6 Å². The molecule has 0 unspecified atom stereocenters. The van der Waals surface area contributed by atoms with Crippen LogP contribution in [-0.4, -0.2) is 23.4 Å². The van der Waals surface area contributed by atoms with Crippen molar-refractivity contribution in [3.63, 3.8) is 0 Å². The quantitative estimate of drug-likeness (QED) is 0.638. The molecule has 88 valence electrons. The van der Waals surface area contributed by atoms with E-state index in [0.717, 1.165) is 0 Å². The number of Topliss-reactive ketones (excluding diaryl/α,β-unsaturated/α-hetero) is 1. The molecule has 0 fully saturated rings. The molecule has 16 heavy (non-hydrogen) atoms. The molecule has 0 bridgehead atoms. The lowest BCUT2D eigenvalue weighted by Crippen LogP contribution is -2.06. The minimum absolute atomic E-state index is 0.0671. The van der Waals surface area contributed by atoms with Gasteiger partial charge in [0.2, 0.25) is 0 Å². The van der Waals surface area contributed by atoms with Crippen molar-refractivity contribution in [2.45, 2.75) is 13.8 Å². The zero-order valence-corrected chi connectivity index (χ0v) is 10.1. The lowest BCUT2D eigenvalue weighted by atomic mass is 10.1. The van der Waals surface area contributed by atoms with Gasteiger partial charge in [-0.1, -0.05) is 13.8 Å². The monoisotopic (exact) mass is 242 g/mol. The van der Waals surface area contributed by atoms with Crippen molar-refractivity contribution in [3.05, 3.63) is 23.8 Å². The molecule has 0 radical (unpaired) electrons. The van der Waals surface area contributed by atoms with Gasteiger partial charge >= 0.3 is 0 Å². The molecule has 4 heteroatoms. The van der Waals surface area contributed by atoms with Gasteiger partial charge in [-0.15, -0.1) is 11.6 Å². The number of ether oxygens (including phenoxy) is 1. The first-order valence-electron chi connectivity index (χ1n) is 5.09. The number of phenolic OH excluding ortho intramolecular Hbond substituents is 1. The van der Waals surface area contributed by atoms with E-state index in [1.54, 1.807) is 6.07 Å². The molecule has 1 aromatic carbocycles. The second-order valence-corrected chi connectivity index (χ2v) is 4.21. The highest BCUT2D eigenvalue weighted by Gasteiger charge is 2.11. The highest BCUT2D eigenvalue weighted by Crippen LogP contribution is 2.24. The summed E-state index contributed by atoms with van der Waals surface area (Å²) in [5.74, 6) is 0.443. The van der Waals surface area contributed by atoms with Gasteiger partial charge in [-0.2, -0.15) is 0 Å². The summed E-state index contributed by atoms with van der Waals surface area (Å²) in [5, 5.41) is 9.48. The fraction of sp³-hybridized carbons (Fsp3) is 0.417. The summed E-state index contributed by atoms with van der Waals surface area (Å²) in [6.07, 6.45) is 0. The molecule has 1 aromatic rings. The van der Waals surface area contributed by atoms with Gasteiger partial charge in [-0.25, -0.2) is 0 Å². The zero-order valence-electron chi connectivity index (χ0n) is 9.37. The highest BCUT2D eigenvalue weighted by atomic mass is 35.5. The number of hydrogen-bond donors (Lipinski definition) is 1. The Hall–Kier alpha value is -1.22. The largest absolute Gasteiger partial charge is 0.507 e. The van der Waals surface area contributed by atoms with Crippen molar-refractivity contribution in [1.29, 1.82) is 0 Å². The number of phenols is 1. The fourth-order valence-electron chi connectivity index (χ4n) is 1.16. The predicted molar refractivity (Wildman–Crippen MR) is 63.5 cm³/mol. The van der Waals surface area contributed by atoms with E-state index in [1.165, 1.54) is 12.1 Å². The molecule has 0 saturated heterocycles. The molecule has 0 aromatic heterocycles. The second-order valence-electron chi connectivity index (χ2n) is 3.94. The number of rotatable bonds is 5. The standard InChI is InChI=1S/C12H15ClO3/c1-8(2)7-16-9-3-4-11(14)10(5-9)12(15)6-13/h3-5,8,14H,6-7H2,1-2H3. The van der Waals surface area contributed by atoms with E-state index in [-0.39, 0.29) is 23.0 Å². The van der Waals surface area contributed by atoms with Crippen LogP contribution in [0.3, 0.4) is 0 Å². The molecule has 0 aliphatic rings. The van der Waals surface area contributed by atoms with Gasteiger partial charge in [-0.05, 0) is 24.1 Å². The number of carbonyl (C=O) groups is 1. The van der Waals surface area contributed by atoms with E-state index in [0.29, 0.717) is 18.3 Å². The second kappa shape index (κ2) is 5.75. The summed E-state index contributed by atoms with van der Waals surface area (Å²) in [5.41, 5.74) is 0.205. The Morgan fingerprint density at radius 3 is 2.75 bits per heavy atom. The Morgan fingerprint density at radius 1 is 1.50 bits per heavy atom. The number of ketones is 1. The van der Waals surface area contributed by atoms with Crippen molar-refractivity contribution in [2.24, 2.45) is 5.92 Å². The molecule has 0 amide bonds. The number of hydrogen-bond acceptors (Lipinski definition) is 3. The van der Waals surface area contributed by atoms with Crippen LogP contribution in [-0.2, 0) is 0 Å². The predicted octanol–water partition coefficient (Wildman–Crippen LogP) is 2.85. The third kappa shape index (κ3) is 3.42. The van der Waals surface area contributed by atoms with Crippen LogP contribution in [0, 0.1) is 5.92 Å². The number of halogens is 1. The van der Waals surface area contributed by atoms with Crippen molar-refractivity contribution in [3.8, 4) is 11.5 Å². The lowest BCUT2D eigenvalue weighted by molar-refractivity contribution is 0.101. The first-order valence-corrected chi connectivity index (χ1v) is 5.63. The minimum Gasteiger partial charge on any atom is -0.507 e. The smallest absolute Gasteiger partial charge is 0.181 e. The summed E-state index contributed by atoms with van der Waals surface area (Å²) < 4.78 is 5.45. The SMILES string of the molecule is CC(C)COc1ccc(O)c(C(=O)CCl)c1. The van der Waals surface area contributed by atoms with Crippen molar-refractivity contribution < 1.29 is 14.6 Å². The maximum absolute atomic E-state index is 11.4. The number of aromatic hydroxyl groups is 1. The summed E-state index contributed by atoms with van der Waals surface area (Å²) in [7, 11) is 0. The summed E-state index contributed by atoms with van der Waals surface area (Å²) in [6, 6.07) is 4.58. The Balaban J connectivity index is 2.85. The van der Waals surface area contributed by atoms with E-state index >= 15 is 0 Å². The first-order chi connectivity index (χ1) is 7.54. The third-order valence-electron chi connectivity index (χ3n) is 1.97. The molecule has 3 nitrogen and oxygen atoms in total. The van der Waals surface area contributed by atoms with Gasteiger partial charge in [0.1, 0.15) is 11.5 Å². The summed E-state index contributed by atoms with van der Waals surface area (Å²) in [4.78, 5) is 11.4. The molecule has 1 rings (SSSR count). The molecule has 0 saturated carbocycles. The minimum atomic E-state index is -0.311. The average Bonchev–Trinajstić information content (AvgIpc) is 2.27. The molecule has 0 aliphatic carbocycles. The Kier molecular flexibility index (Phi) is 4.62. The Morgan fingerprint density at radius 2 is 2.19 bits per heavy atom. The lowest BCUT2D eigenvalue weighted by Gasteiger charge is -2.10. The number of carbonyl (C=O) groups excluding carboxylic acids is 1. The summed E-state index contributed by atoms with van der Waals surface area (Å²) in [6.45, 7) is 4.63. The van der Waals surface area contributed by atoms with E-state index in [1.807, 2.05) is 13.8 Å². The van der Waals surface area contributed by atoms with E-state index in [9.17, 15) is 9.90 Å². The van der Waals surface area contributed by atoms with Crippen LogP contribution in [0.5, 0.6) is 11.5 Å². The Labute approximate surface area is 100.0 Å². The van der Waals surface area contributed by atoms with Crippen LogP contribution in [0.2, 0.25) is 0 Å². The zero-order chi connectivity index (χ0) is 12.1. The third-order valence-corrected chi connectivity index (χ3v) is 2.22. The topological polar surface area (TPSA) is 46.5 Å². The van der Waals surface area contributed by atoms with Crippen LogP contribution in [0.1, 0.15) is 24.2 Å². The number of benzene rings is 1. The molecule has 0 spiro atoms. The molecule has 1 N–H and O–H groups in total. The van der Waals surface area contributed by atoms with E-state index < -0.39 is 0 Å². The van der Waals surface area contributed by atoms with E-state index in [2.05, 4.69) is 0 Å². The first kappa shape index (κ1) is 12.8. The van der Waals surface area contributed by atoms with Gasteiger partial charge < -0.3 is 9.84 Å². The van der Waals surface area contributed by atoms with Gasteiger partial charge in [-0.3, -0.25) is 4.79 Å². The fourth-order valence-corrected chi connectivity index (χ4v) is 1.31. The molecule has 0 atom stereocenters. The van der Waals surface area contributed by atoms with E-state index in [4.69, 9.17) is 16.3 Å². The molecule has 0 aliphatic heterocycles. The number of alkyl halides is 1. The van der Waals surface area contributed by atoms with Crippen LogP contribution in [0.15, 0.2) is 18.2 Å². The summed E-state index contributed by atoms with van der Waals surface area (Å²) >= 11 is 5.44. The van der Waals surface area contributed by atoms with Gasteiger partial charge in [0.05, 0.1) is 18.1 Å². The maximum Gasteiger partial charge on any atom is 0.181 e. The molecular formula is C12H15ClO3. The maximum atomic E-state index is 11.4. The van der Waals surface area contributed by atoms with Crippen molar-refractivity contribution in [2.75, 3.05) is 12.5 Å². The molecular weight excluding hydrogens is 228 g/mol. The van der Waals surface area contributed by atoms with Crippen molar-refractivity contribution >= 4 is 17.4 Å². The highest BCUT2D eigenvalue weighted by molar-refractivity contribution is 6.30. The van der Waals surface area contributed by atoms with Crippen LogP contribution < -0.4 is 4.74 Å². The normalized spacial score (nSPS) is 10.5. The molecule has 0 heterocycles. The van der Waals surface area contributed by atoms with Gasteiger partial charge in [0, 0.05) is 0 Å². The Bertz CT molecular complexity index is 375.